The second kappa shape index (κ2) is 18.6. The highest BCUT2D eigenvalue weighted by molar-refractivity contribution is 6.06. The number of benzene rings is 2. The van der Waals surface area contributed by atoms with Crippen molar-refractivity contribution in [1.29, 1.82) is 0 Å². The molecule has 0 saturated carbocycles. The van der Waals surface area contributed by atoms with Gasteiger partial charge in [0.1, 0.15) is 12.4 Å². The number of hydrogen-bond acceptors (Lipinski definition) is 4. The Bertz CT molecular complexity index is 914. The summed E-state index contributed by atoms with van der Waals surface area (Å²) in [6.07, 6.45) is 13.8. The fourth-order valence-electron chi connectivity index (χ4n) is 3.77. The lowest BCUT2D eigenvalue weighted by Gasteiger charge is -2.11. The molecule has 0 saturated heterocycles. The highest BCUT2D eigenvalue weighted by atomic mass is 16.5. The van der Waals surface area contributed by atoms with Crippen molar-refractivity contribution in [3.05, 3.63) is 83.4 Å². The van der Waals surface area contributed by atoms with Crippen molar-refractivity contribution in [2.75, 3.05) is 33.0 Å². The number of rotatable bonds is 20. The van der Waals surface area contributed by atoms with E-state index in [0.717, 1.165) is 82.7 Å². The monoisotopic (exact) mass is 492 g/mol. The Morgan fingerprint density at radius 2 is 1.47 bits per heavy atom. The molecular weight excluding hydrogens is 448 g/mol. The molecule has 0 aliphatic carbocycles. The van der Waals surface area contributed by atoms with E-state index in [1.54, 1.807) is 24.3 Å². The number of carbonyl (C=O) groups is 1. The van der Waals surface area contributed by atoms with E-state index < -0.39 is 0 Å². The maximum Gasteiger partial charge on any atom is 0.185 e. The average Bonchev–Trinajstić information content (AvgIpc) is 2.91. The van der Waals surface area contributed by atoms with Gasteiger partial charge in [0.2, 0.25) is 0 Å². The summed E-state index contributed by atoms with van der Waals surface area (Å²) in [6.45, 7) is 11.7. The van der Waals surface area contributed by atoms with Crippen LogP contribution in [0, 0.1) is 0 Å². The number of hydrogen-bond donors (Lipinski definition) is 0. The number of allylic oxidation sites excluding steroid dienone is 1. The van der Waals surface area contributed by atoms with Crippen LogP contribution in [0.5, 0.6) is 5.75 Å². The molecule has 0 radical (unpaired) electrons. The summed E-state index contributed by atoms with van der Waals surface area (Å²) in [5.41, 5.74) is 4.30. The Hall–Kier alpha value is -2.69. The summed E-state index contributed by atoms with van der Waals surface area (Å²) in [5, 5.41) is 0. The van der Waals surface area contributed by atoms with Crippen LogP contribution in [-0.2, 0) is 22.3 Å². The first kappa shape index (κ1) is 29.5. The molecule has 0 aliphatic rings. The second-order valence-corrected chi connectivity index (χ2v) is 8.99. The van der Waals surface area contributed by atoms with E-state index in [9.17, 15) is 4.79 Å². The molecule has 0 N–H and O–H groups in total. The van der Waals surface area contributed by atoms with E-state index in [-0.39, 0.29) is 5.78 Å². The number of ketones is 1. The van der Waals surface area contributed by atoms with Gasteiger partial charge in [0.05, 0.1) is 0 Å². The van der Waals surface area contributed by atoms with Gasteiger partial charge < -0.3 is 14.2 Å². The molecule has 0 aliphatic heterocycles. The number of aryl methyl sites for hydroxylation is 2. The van der Waals surface area contributed by atoms with Crippen LogP contribution >= 0.6 is 0 Å². The zero-order valence-corrected chi connectivity index (χ0v) is 22.3. The van der Waals surface area contributed by atoms with Gasteiger partial charge in [-0.2, -0.15) is 0 Å². The van der Waals surface area contributed by atoms with E-state index >= 15 is 0 Å². The second-order valence-electron chi connectivity index (χ2n) is 8.99. The third-order valence-electron chi connectivity index (χ3n) is 5.90. The molecule has 2 aromatic rings. The summed E-state index contributed by atoms with van der Waals surface area (Å²) in [7, 11) is 0. The van der Waals surface area contributed by atoms with Crippen LogP contribution in [0.3, 0.4) is 0 Å². The normalized spacial score (nSPS) is 11.2. The Morgan fingerprint density at radius 1 is 0.833 bits per heavy atom. The molecule has 0 amide bonds. The largest absolute Gasteiger partial charge is 0.490 e. The van der Waals surface area contributed by atoms with Gasteiger partial charge in [0.15, 0.2) is 5.78 Å². The standard InChI is InChI=1S/C32H44O4/c1-4-7-22-34-24-9-11-27-13-14-28(30(26-27)12-10-25-35-23-8-5-2)17-20-32(33)29-15-18-31(19-16-29)36-21-6-3/h6,13-20,26H,3-5,7-12,21-25H2,1-2H3. The molecule has 0 heterocycles. The fourth-order valence-corrected chi connectivity index (χ4v) is 3.77. The molecule has 0 spiro atoms. The van der Waals surface area contributed by atoms with Crippen LogP contribution in [0.25, 0.3) is 6.08 Å². The molecule has 0 unspecified atom stereocenters. The van der Waals surface area contributed by atoms with Gasteiger partial charge in [0.25, 0.3) is 0 Å². The van der Waals surface area contributed by atoms with Gasteiger partial charge >= 0.3 is 0 Å². The summed E-state index contributed by atoms with van der Waals surface area (Å²) in [4.78, 5) is 12.8. The molecule has 4 nitrogen and oxygen atoms in total. The minimum absolute atomic E-state index is 0.0209. The smallest absolute Gasteiger partial charge is 0.185 e. The third kappa shape index (κ3) is 11.8. The first-order valence-electron chi connectivity index (χ1n) is 13.5. The van der Waals surface area contributed by atoms with Gasteiger partial charge in [-0.25, -0.2) is 0 Å². The molecule has 0 bridgehead atoms. The minimum atomic E-state index is -0.0209. The van der Waals surface area contributed by atoms with Gasteiger partial charge in [-0.15, -0.1) is 0 Å². The van der Waals surface area contributed by atoms with Crippen LogP contribution < -0.4 is 4.74 Å². The van der Waals surface area contributed by atoms with Crippen molar-refractivity contribution in [2.24, 2.45) is 0 Å². The van der Waals surface area contributed by atoms with Crippen molar-refractivity contribution in [3.8, 4) is 5.75 Å². The summed E-state index contributed by atoms with van der Waals surface area (Å²) in [6, 6.07) is 13.8. The quantitative estimate of drug-likeness (QED) is 0.0824. The molecule has 0 aromatic heterocycles. The number of unbranched alkanes of at least 4 members (excludes halogenated alkanes) is 2. The van der Waals surface area contributed by atoms with Gasteiger partial charge in [-0.05, 0) is 85.6 Å². The van der Waals surface area contributed by atoms with E-state index in [1.165, 1.54) is 17.5 Å². The Labute approximate surface area is 218 Å². The van der Waals surface area contributed by atoms with Gasteiger partial charge in [-0.1, -0.05) is 63.6 Å². The molecule has 2 aromatic carbocycles. The van der Waals surface area contributed by atoms with Crippen LogP contribution in [0.15, 0.2) is 61.2 Å². The topological polar surface area (TPSA) is 44.8 Å². The van der Waals surface area contributed by atoms with Gasteiger partial charge in [-0.3, -0.25) is 4.79 Å². The van der Waals surface area contributed by atoms with Crippen LogP contribution in [0.1, 0.15) is 79.4 Å². The van der Waals surface area contributed by atoms with E-state index in [2.05, 4.69) is 38.6 Å². The maximum absolute atomic E-state index is 12.8. The number of ether oxygens (including phenoxy) is 3. The van der Waals surface area contributed by atoms with Crippen molar-refractivity contribution in [1.82, 2.24) is 0 Å². The molecule has 0 atom stereocenters. The van der Waals surface area contributed by atoms with E-state index in [1.807, 2.05) is 18.2 Å². The third-order valence-corrected chi connectivity index (χ3v) is 5.90. The highest BCUT2D eigenvalue weighted by Crippen LogP contribution is 2.19. The highest BCUT2D eigenvalue weighted by Gasteiger charge is 2.06. The van der Waals surface area contributed by atoms with Crippen molar-refractivity contribution in [3.63, 3.8) is 0 Å². The molecule has 4 heteroatoms. The molecule has 0 fully saturated rings. The van der Waals surface area contributed by atoms with Gasteiger partial charge in [0, 0.05) is 32.0 Å². The van der Waals surface area contributed by atoms with Crippen molar-refractivity contribution in [2.45, 2.75) is 65.2 Å². The first-order valence-corrected chi connectivity index (χ1v) is 13.5. The zero-order valence-electron chi connectivity index (χ0n) is 22.3. The van der Waals surface area contributed by atoms with Crippen molar-refractivity contribution >= 4 is 11.9 Å². The Balaban J connectivity index is 2.01. The van der Waals surface area contributed by atoms with Crippen LogP contribution in [-0.4, -0.2) is 38.8 Å². The predicted molar refractivity (Wildman–Crippen MR) is 150 cm³/mol. The lowest BCUT2D eigenvalue weighted by atomic mass is 9.97. The molecular formula is C32H44O4. The van der Waals surface area contributed by atoms with Crippen molar-refractivity contribution < 1.29 is 19.0 Å². The van der Waals surface area contributed by atoms with Crippen LogP contribution in [0.4, 0.5) is 0 Å². The van der Waals surface area contributed by atoms with Crippen LogP contribution in [0.2, 0.25) is 0 Å². The summed E-state index contributed by atoms with van der Waals surface area (Å²) in [5.74, 6) is 0.706. The average molecular weight is 493 g/mol. The zero-order chi connectivity index (χ0) is 25.8. The number of carbonyl (C=O) groups excluding carboxylic acids is 1. The fraction of sp³-hybridized carbons (Fsp3) is 0.469. The molecule has 36 heavy (non-hydrogen) atoms. The molecule has 2 rings (SSSR count). The van der Waals surface area contributed by atoms with E-state index in [0.29, 0.717) is 12.2 Å². The SMILES string of the molecule is C=CCOc1ccc(C(=O)C=Cc2ccc(CCCOCCCC)cc2CCCOCCCC)cc1. The summed E-state index contributed by atoms with van der Waals surface area (Å²) < 4.78 is 17.0. The summed E-state index contributed by atoms with van der Waals surface area (Å²) >= 11 is 0. The first-order chi connectivity index (χ1) is 17.7. The predicted octanol–water partition coefficient (Wildman–Crippen LogP) is 7.65. The maximum atomic E-state index is 12.8. The minimum Gasteiger partial charge on any atom is -0.490 e. The lowest BCUT2D eigenvalue weighted by Crippen LogP contribution is -2.02. The Morgan fingerprint density at radius 3 is 2.11 bits per heavy atom. The molecule has 196 valence electrons. The lowest BCUT2D eigenvalue weighted by molar-refractivity contribution is 0.104. The van der Waals surface area contributed by atoms with E-state index in [4.69, 9.17) is 14.2 Å². The Kier molecular flexibility index (Phi) is 15.2.